The Balaban J connectivity index is 1.93. The van der Waals surface area contributed by atoms with Crippen molar-refractivity contribution in [3.63, 3.8) is 0 Å². The number of rotatable bonds is 4. The number of anilines is 1. The number of halogens is 3. The van der Waals surface area contributed by atoms with Gasteiger partial charge in [-0.2, -0.15) is 0 Å². The number of hydrogen-bond acceptors (Lipinski definition) is 6. The summed E-state index contributed by atoms with van der Waals surface area (Å²) in [6.45, 7) is 4.33. The first-order chi connectivity index (χ1) is 14.4. The minimum Gasteiger partial charge on any atom is -0.465 e. The van der Waals surface area contributed by atoms with Crippen LogP contribution in [0.25, 0.3) is 10.9 Å². The van der Waals surface area contributed by atoms with Crippen molar-refractivity contribution in [2.24, 2.45) is 0 Å². The number of fused-ring (bicyclic) bond motifs is 3. The summed E-state index contributed by atoms with van der Waals surface area (Å²) in [5, 5.41) is 10.4. The van der Waals surface area contributed by atoms with E-state index in [1.165, 1.54) is 11.8 Å². The Morgan fingerprint density at radius 2 is 2.17 bits per heavy atom. The van der Waals surface area contributed by atoms with Gasteiger partial charge in [0.05, 0.1) is 23.5 Å². The highest BCUT2D eigenvalue weighted by atomic mass is 79.9. The summed E-state index contributed by atoms with van der Waals surface area (Å²) in [5.41, 5.74) is 0.107. The fourth-order valence-electron chi connectivity index (χ4n) is 4.41. The molecule has 2 fully saturated rings. The number of carbonyl (C=O) groups is 1. The van der Waals surface area contributed by atoms with Gasteiger partial charge in [0.15, 0.2) is 16.1 Å². The Bertz CT molecular complexity index is 1040. The molecule has 2 aliphatic rings. The van der Waals surface area contributed by atoms with Gasteiger partial charge in [-0.1, -0.05) is 42.4 Å². The summed E-state index contributed by atoms with van der Waals surface area (Å²) >= 11 is 10.8. The van der Waals surface area contributed by atoms with E-state index in [0.717, 1.165) is 18.6 Å². The Morgan fingerprint density at radius 1 is 1.40 bits per heavy atom. The van der Waals surface area contributed by atoms with E-state index in [1.54, 1.807) is 4.90 Å². The van der Waals surface area contributed by atoms with Gasteiger partial charge in [-0.3, -0.25) is 4.90 Å². The first-order valence-corrected chi connectivity index (χ1v) is 11.8. The minimum absolute atomic E-state index is 0.107. The molecule has 0 spiro atoms. The van der Waals surface area contributed by atoms with Gasteiger partial charge in [0.2, 0.25) is 0 Å². The van der Waals surface area contributed by atoms with Gasteiger partial charge in [-0.15, -0.1) is 0 Å². The molecule has 7 nitrogen and oxygen atoms in total. The lowest BCUT2D eigenvalue weighted by atomic mass is 10.0. The highest BCUT2D eigenvalue weighted by molar-refractivity contribution is 9.10. The second kappa shape index (κ2) is 8.47. The molecule has 2 aromatic rings. The summed E-state index contributed by atoms with van der Waals surface area (Å²) in [7, 11) is 0. The largest absolute Gasteiger partial charge is 0.465 e. The average Bonchev–Trinajstić information content (AvgIpc) is 3.04. The molecule has 30 heavy (non-hydrogen) atoms. The van der Waals surface area contributed by atoms with Crippen LogP contribution in [-0.4, -0.2) is 61.5 Å². The van der Waals surface area contributed by atoms with E-state index in [4.69, 9.17) is 16.6 Å². The van der Waals surface area contributed by atoms with Crippen LogP contribution in [0.2, 0.25) is 5.15 Å². The number of aromatic nitrogens is 3. The number of thioether (sulfide) groups is 1. The van der Waals surface area contributed by atoms with Gasteiger partial charge >= 0.3 is 6.09 Å². The lowest BCUT2D eigenvalue weighted by Gasteiger charge is -2.45. The average molecular weight is 517 g/mol. The lowest BCUT2D eigenvalue weighted by molar-refractivity contribution is 0.107. The van der Waals surface area contributed by atoms with Crippen LogP contribution in [0.1, 0.15) is 26.7 Å². The molecule has 0 aromatic carbocycles. The minimum atomic E-state index is -0.910. The van der Waals surface area contributed by atoms with Crippen molar-refractivity contribution in [2.75, 3.05) is 17.2 Å². The molecule has 160 valence electrons. The molecule has 2 aromatic heterocycles. The summed E-state index contributed by atoms with van der Waals surface area (Å²) in [4.78, 5) is 28.7. The van der Waals surface area contributed by atoms with Gasteiger partial charge in [-0.25, -0.2) is 24.1 Å². The number of nitrogens with zero attached hydrogens (tertiary/aromatic N) is 5. The molecule has 0 unspecified atom stereocenters. The SMILES string of the molecule is C/C=C\[C@@H]1[C@@H]2CC[C@H](CN1c1nc(SCC)nc3c(F)c(Cl)nc(Br)c13)N2C(=O)O. The number of carboxylic acid groups (broad SMARTS) is 1. The van der Waals surface area contributed by atoms with Gasteiger partial charge in [0.25, 0.3) is 0 Å². The van der Waals surface area contributed by atoms with Crippen LogP contribution in [-0.2, 0) is 0 Å². The summed E-state index contributed by atoms with van der Waals surface area (Å²) in [6, 6.07) is -0.577. The normalized spacial score (nSPS) is 23.7. The monoisotopic (exact) mass is 515 g/mol. The maximum absolute atomic E-state index is 14.9. The quantitative estimate of drug-likeness (QED) is 0.266. The van der Waals surface area contributed by atoms with Crippen molar-refractivity contribution in [2.45, 2.75) is 50.0 Å². The Hall–Kier alpha value is -1.65. The van der Waals surface area contributed by atoms with Crippen molar-refractivity contribution in [1.82, 2.24) is 19.9 Å². The summed E-state index contributed by atoms with van der Waals surface area (Å²) in [6.07, 6.45) is 4.53. The topological polar surface area (TPSA) is 82.5 Å². The van der Waals surface area contributed by atoms with E-state index in [-0.39, 0.29) is 28.8 Å². The van der Waals surface area contributed by atoms with Crippen LogP contribution in [0, 0.1) is 5.82 Å². The molecule has 3 atom stereocenters. The van der Waals surface area contributed by atoms with E-state index in [2.05, 4.69) is 30.8 Å². The fraction of sp³-hybridized carbons (Fsp3) is 0.474. The zero-order chi connectivity index (χ0) is 21.6. The Morgan fingerprint density at radius 3 is 2.83 bits per heavy atom. The molecule has 1 N–H and O–H groups in total. The molecule has 2 saturated heterocycles. The molecule has 4 heterocycles. The first-order valence-electron chi connectivity index (χ1n) is 9.63. The van der Waals surface area contributed by atoms with Gasteiger partial charge in [-0.05, 0) is 41.4 Å². The van der Waals surface area contributed by atoms with Crippen LogP contribution >= 0.6 is 39.3 Å². The highest BCUT2D eigenvalue weighted by Gasteiger charge is 2.48. The molecule has 0 radical (unpaired) electrons. The molecule has 2 aliphatic heterocycles. The summed E-state index contributed by atoms with van der Waals surface area (Å²) in [5.74, 6) is 0.574. The lowest BCUT2D eigenvalue weighted by Crippen LogP contribution is -2.60. The predicted octanol–water partition coefficient (Wildman–Crippen LogP) is 4.97. The number of allylic oxidation sites excluding steroid dienone is 1. The zero-order valence-electron chi connectivity index (χ0n) is 16.3. The number of amides is 1. The molecular formula is C19H20BrClFN5O2S. The van der Waals surface area contributed by atoms with E-state index in [1.807, 2.05) is 26.0 Å². The number of hydrogen-bond donors (Lipinski definition) is 1. The molecule has 0 saturated carbocycles. The number of pyridine rings is 1. The fourth-order valence-corrected chi connectivity index (χ4v) is 5.79. The third-order valence-corrected chi connectivity index (χ3v) is 7.08. The van der Waals surface area contributed by atoms with E-state index < -0.39 is 11.9 Å². The summed E-state index contributed by atoms with van der Waals surface area (Å²) < 4.78 is 15.3. The van der Waals surface area contributed by atoms with Crippen molar-refractivity contribution >= 4 is 62.1 Å². The van der Waals surface area contributed by atoms with Crippen molar-refractivity contribution in [3.05, 3.63) is 27.7 Å². The first kappa shape index (κ1) is 21.6. The molecule has 0 aliphatic carbocycles. The van der Waals surface area contributed by atoms with E-state index >= 15 is 0 Å². The second-order valence-corrected chi connectivity index (χ2v) is 9.49. The molecular weight excluding hydrogens is 497 g/mol. The zero-order valence-corrected chi connectivity index (χ0v) is 19.5. The van der Waals surface area contributed by atoms with Crippen LogP contribution in [0.5, 0.6) is 0 Å². The maximum Gasteiger partial charge on any atom is 0.407 e. The van der Waals surface area contributed by atoms with E-state index in [9.17, 15) is 14.3 Å². The second-order valence-electron chi connectivity index (χ2n) is 7.15. The molecule has 1 amide bonds. The van der Waals surface area contributed by atoms with E-state index in [0.29, 0.717) is 27.5 Å². The molecule has 2 bridgehead atoms. The highest BCUT2D eigenvalue weighted by Crippen LogP contribution is 2.41. The van der Waals surface area contributed by atoms with Crippen molar-refractivity contribution < 1.29 is 14.3 Å². The number of piperazine rings is 1. The van der Waals surface area contributed by atoms with Gasteiger partial charge in [0.1, 0.15) is 15.9 Å². The predicted molar refractivity (Wildman–Crippen MR) is 119 cm³/mol. The Labute approximate surface area is 190 Å². The van der Waals surface area contributed by atoms with Crippen LogP contribution in [0.4, 0.5) is 15.0 Å². The smallest absolute Gasteiger partial charge is 0.407 e. The van der Waals surface area contributed by atoms with Crippen LogP contribution in [0.3, 0.4) is 0 Å². The van der Waals surface area contributed by atoms with Crippen LogP contribution < -0.4 is 4.90 Å². The van der Waals surface area contributed by atoms with Gasteiger partial charge < -0.3 is 10.0 Å². The van der Waals surface area contributed by atoms with Crippen molar-refractivity contribution in [1.29, 1.82) is 0 Å². The third-order valence-electron chi connectivity index (χ3n) is 5.52. The van der Waals surface area contributed by atoms with Crippen LogP contribution in [0.15, 0.2) is 21.9 Å². The standard InChI is InChI=1S/C19H20BrClFN5O2S/c1-3-5-10-11-7-6-9(27(11)19(28)29)8-26(10)17-12-14(23-18(25-17)30-4-2)13(22)16(21)24-15(12)20/h3,5,9-11H,4,6-8H2,1-2H3,(H,28,29)/b5-3-/t9-,10-,11+/m1/s1. The third kappa shape index (κ3) is 3.52. The molecule has 4 rings (SSSR count). The maximum atomic E-state index is 14.9. The molecule has 11 heteroatoms. The Kier molecular flexibility index (Phi) is 6.09. The van der Waals surface area contributed by atoms with Crippen molar-refractivity contribution in [3.8, 4) is 0 Å². The van der Waals surface area contributed by atoms with Gasteiger partial charge in [0, 0.05) is 6.54 Å².